The van der Waals surface area contributed by atoms with E-state index in [9.17, 15) is 24.6 Å². The summed E-state index contributed by atoms with van der Waals surface area (Å²) in [5, 5.41) is 25.1. The molecule has 0 fully saturated rings. The van der Waals surface area contributed by atoms with Crippen LogP contribution in [0.5, 0.6) is 5.75 Å². The van der Waals surface area contributed by atoms with E-state index in [2.05, 4.69) is 10.6 Å². The van der Waals surface area contributed by atoms with Crippen molar-refractivity contribution in [3.63, 3.8) is 0 Å². The van der Waals surface area contributed by atoms with Gasteiger partial charge in [-0.25, -0.2) is 4.79 Å². The number of hydrogen-bond acceptors (Lipinski definition) is 7. The Hall–Kier alpha value is -3.69. The fourth-order valence-corrected chi connectivity index (χ4v) is 3.67. The van der Waals surface area contributed by atoms with Crippen molar-refractivity contribution in [2.75, 3.05) is 19.7 Å². The number of benzene rings is 2. The van der Waals surface area contributed by atoms with Crippen LogP contribution < -0.4 is 15.4 Å². The molecule has 0 saturated heterocycles. The standard InChI is InChI=1S/C30H40N2O7/c1-4-18-31-19-23(33)20-38-25-13-9-8-12-24(25)26(15-14-22-10-6-5-7-11-22)39-28(35)17-16-27(34)32-29(21(2)3)30(36)37/h5-13,15,21,23,29,31,33H,4,14,16-20H2,1-3H3,(H,32,34)(H,36,37). The van der Waals surface area contributed by atoms with Gasteiger partial charge < -0.3 is 30.3 Å². The molecule has 39 heavy (non-hydrogen) atoms. The number of hydrogen-bond donors (Lipinski definition) is 4. The zero-order valence-corrected chi connectivity index (χ0v) is 22.9. The van der Waals surface area contributed by atoms with Crippen molar-refractivity contribution in [1.29, 1.82) is 0 Å². The van der Waals surface area contributed by atoms with E-state index < -0.39 is 30.0 Å². The molecule has 9 heteroatoms. The molecule has 0 saturated carbocycles. The van der Waals surface area contributed by atoms with E-state index in [1.165, 1.54) is 0 Å². The van der Waals surface area contributed by atoms with Gasteiger partial charge in [-0.2, -0.15) is 0 Å². The maximum absolute atomic E-state index is 12.8. The summed E-state index contributed by atoms with van der Waals surface area (Å²) in [5.74, 6) is -1.91. The Bertz CT molecular complexity index is 1090. The molecule has 0 aliphatic carbocycles. The normalized spacial score (nSPS) is 13.0. The summed E-state index contributed by atoms with van der Waals surface area (Å²) >= 11 is 0. The Kier molecular flexibility index (Phi) is 13.7. The van der Waals surface area contributed by atoms with Crippen molar-refractivity contribution >= 4 is 23.6 Å². The molecule has 212 valence electrons. The van der Waals surface area contributed by atoms with E-state index in [-0.39, 0.29) is 31.1 Å². The number of esters is 1. The van der Waals surface area contributed by atoms with E-state index in [4.69, 9.17) is 9.47 Å². The number of rotatable bonds is 17. The van der Waals surface area contributed by atoms with E-state index in [0.29, 0.717) is 24.3 Å². The smallest absolute Gasteiger partial charge is 0.326 e. The molecule has 0 aliphatic heterocycles. The lowest BCUT2D eigenvalue weighted by atomic mass is 10.0. The third-order valence-corrected chi connectivity index (χ3v) is 5.79. The first kappa shape index (κ1) is 31.5. The average molecular weight is 541 g/mol. The Labute approximate surface area is 230 Å². The van der Waals surface area contributed by atoms with Crippen molar-refractivity contribution in [1.82, 2.24) is 10.6 Å². The number of carbonyl (C=O) groups is 3. The van der Waals surface area contributed by atoms with Gasteiger partial charge in [0.15, 0.2) is 0 Å². The van der Waals surface area contributed by atoms with E-state index >= 15 is 0 Å². The van der Waals surface area contributed by atoms with Gasteiger partial charge in [-0.15, -0.1) is 0 Å². The number of allylic oxidation sites excluding steroid dienone is 1. The zero-order valence-electron chi connectivity index (χ0n) is 22.9. The molecule has 4 N–H and O–H groups in total. The van der Waals surface area contributed by atoms with Gasteiger partial charge in [0.05, 0.1) is 12.0 Å². The maximum Gasteiger partial charge on any atom is 0.326 e. The first-order chi connectivity index (χ1) is 18.7. The molecule has 9 nitrogen and oxygen atoms in total. The second kappa shape index (κ2) is 17.0. The largest absolute Gasteiger partial charge is 0.490 e. The number of ether oxygens (including phenoxy) is 2. The summed E-state index contributed by atoms with van der Waals surface area (Å²) in [4.78, 5) is 36.4. The second-order valence-electron chi connectivity index (χ2n) is 9.52. The van der Waals surface area contributed by atoms with E-state index in [1.807, 2.05) is 37.3 Å². The molecule has 0 heterocycles. The number of aliphatic hydroxyl groups excluding tert-OH is 1. The molecule has 2 unspecified atom stereocenters. The monoisotopic (exact) mass is 540 g/mol. The molecular formula is C30H40N2O7. The van der Waals surface area contributed by atoms with Crippen molar-refractivity contribution in [2.45, 2.75) is 58.6 Å². The molecule has 2 rings (SSSR count). The molecule has 0 bridgehead atoms. The third-order valence-electron chi connectivity index (χ3n) is 5.79. The first-order valence-corrected chi connectivity index (χ1v) is 13.3. The van der Waals surface area contributed by atoms with Crippen LogP contribution >= 0.6 is 0 Å². The van der Waals surface area contributed by atoms with Crippen molar-refractivity contribution in [3.8, 4) is 5.75 Å². The minimum absolute atomic E-state index is 0.0500. The van der Waals surface area contributed by atoms with Crippen molar-refractivity contribution < 1.29 is 34.1 Å². The fourth-order valence-electron chi connectivity index (χ4n) is 3.67. The Morgan fingerprint density at radius 3 is 2.36 bits per heavy atom. The number of amides is 1. The van der Waals surface area contributed by atoms with Crippen LogP contribution in [-0.4, -0.2) is 59.9 Å². The third kappa shape index (κ3) is 11.7. The zero-order chi connectivity index (χ0) is 28.6. The number of carbonyl (C=O) groups excluding carboxylic acids is 2. The Balaban J connectivity index is 2.14. The van der Waals surface area contributed by atoms with Gasteiger partial charge in [-0.05, 0) is 49.1 Å². The van der Waals surface area contributed by atoms with Crippen LogP contribution in [-0.2, 0) is 25.5 Å². The quantitative estimate of drug-likeness (QED) is 0.136. The predicted octanol–water partition coefficient (Wildman–Crippen LogP) is 3.56. The number of aliphatic carboxylic acids is 1. The molecule has 2 atom stereocenters. The molecule has 0 spiro atoms. The van der Waals surface area contributed by atoms with Crippen LogP contribution in [0.2, 0.25) is 0 Å². The highest BCUT2D eigenvalue weighted by Crippen LogP contribution is 2.28. The number of aliphatic hydroxyl groups is 1. The number of carboxylic acids is 1. The molecule has 0 aromatic heterocycles. The second-order valence-corrected chi connectivity index (χ2v) is 9.52. The van der Waals surface area contributed by atoms with Crippen LogP contribution in [0, 0.1) is 5.92 Å². The Morgan fingerprint density at radius 1 is 1.00 bits per heavy atom. The summed E-state index contributed by atoms with van der Waals surface area (Å²) in [6.07, 6.45) is 2.05. The molecule has 0 radical (unpaired) electrons. The minimum atomic E-state index is -1.13. The van der Waals surface area contributed by atoms with Gasteiger partial charge in [0.25, 0.3) is 0 Å². The average Bonchev–Trinajstić information content (AvgIpc) is 2.92. The van der Waals surface area contributed by atoms with E-state index in [1.54, 1.807) is 44.2 Å². The lowest BCUT2D eigenvalue weighted by Crippen LogP contribution is -2.44. The van der Waals surface area contributed by atoms with Crippen LogP contribution in [0.1, 0.15) is 51.2 Å². The summed E-state index contributed by atoms with van der Waals surface area (Å²) in [6, 6.07) is 15.7. The lowest BCUT2D eigenvalue weighted by molar-refractivity contribution is -0.143. The lowest BCUT2D eigenvalue weighted by Gasteiger charge is -2.18. The van der Waals surface area contributed by atoms with Gasteiger partial charge in [-0.3, -0.25) is 9.59 Å². The molecule has 0 aliphatic rings. The van der Waals surface area contributed by atoms with Crippen LogP contribution in [0.15, 0.2) is 60.7 Å². The summed E-state index contributed by atoms with van der Waals surface area (Å²) in [7, 11) is 0. The SMILES string of the molecule is CCCNCC(O)COc1ccccc1C(=CCc1ccccc1)OC(=O)CCC(=O)NC(C(=O)O)C(C)C. The van der Waals surface area contributed by atoms with Gasteiger partial charge >= 0.3 is 11.9 Å². The minimum Gasteiger partial charge on any atom is -0.490 e. The van der Waals surface area contributed by atoms with Crippen molar-refractivity contribution in [2.24, 2.45) is 5.92 Å². The van der Waals surface area contributed by atoms with Crippen LogP contribution in [0.4, 0.5) is 0 Å². The summed E-state index contributed by atoms with van der Waals surface area (Å²) in [6.45, 7) is 6.66. The molecular weight excluding hydrogens is 500 g/mol. The Morgan fingerprint density at radius 2 is 1.69 bits per heavy atom. The number of para-hydroxylation sites is 1. The van der Waals surface area contributed by atoms with E-state index in [0.717, 1.165) is 18.5 Å². The fraction of sp³-hybridized carbons (Fsp3) is 0.433. The maximum atomic E-state index is 12.8. The summed E-state index contributed by atoms with van der Waals surface area (Å²) < 4.78 is 11.6. The van der Waals surface area contributed by atoms with Crippen LogP contribution in [0.3, 0.4) is 0 Å². The molecule has 2 aromatic rings. The molecule has 1 amide bonds. The van der Waals surface area contributed by atoms with Gasteiger partial charge in [-0.1, -0.05) is 63.2 Å². The highest BCUT2D eigenvalue weighted by Gasteiger charge is 2.24. The topological polar surface area (TPSA) is 134 Å². The van der Waals surface area contributed by atoms with Crippen molar-refractivity contribution in [3.05, 3.63) is 71.8 Å². The first-order valence-electron chi connectivity index (χ1n) is 13.3. The predicted molar refractivity (Wildman–Crippen MR) is 149 cm³/mol. The molecule has 2 aromatic carbocycles. The number of carboxylic acid groups (broad SMARTS) is 1. The van der Waals surface area contributed by atoms with Gasteiger partial charge in [0.2, 0.25) is 5.91 Å². The highest BCUT2D eigenvalue weighted by molar-refractivity contribution is 5.87. The van der Waals surface area contributed by atoms with Gasteiger partial charge in [0.1, 0.15) is 30.3 Å². The van der Waals surface area contributed by atoms with Gasteiger partial charge in [0, 0.05) is 13.0 Å². The summed E-state index contributed by atoms with van der Waals surface area (Å²) in [5.41, 5.74) is 1.54. The number of nitrogens with one attached hydrogen (secondary N) is 2. The van der Waals surface area contributed by atoms with Crippen LogP contribution in [0.25, 0.3) is 5.76 Å². The highest BCUT2D eigenvalue weighted by atomic mass is 16.5.